The molecule has 1 aliphatic rings. The van der Waals surface area contributed by atoms with E-state index >= 15 is 0 Å². The maximum atomic E-state index is 13.8. The first-order valence-electron chi connectivity index (χ1n) is 10.6. The molecule has 0 fully saturated rings. The van der Waals surface area contributed by atoms with Gasteiger partial charge in [-0.1, -0.05) is 35.1 Å². The van der Waals surface area contributed by atoms with E-state index in [1.165, 1.54) is 28.4 Å². The largest absolute Gasteiger partial charge is 0.497 e. The molecule has 1 amide bonds. The van der Waals surface area contributed by atoms with E-state index in [9.17, 15) is 14.0 Å². The number of aromatic nitrogens is 1. The number of carbonyl (C=O) groups excluding carboxylic acids is 1. The first-order valence-corrected chi connectivity index (χ1v) is 11.4. The summed E-state index contributed by atoms with van der Waals surface area (Å²) in [4.78, 5) is 33.4. The topological polar surface area (TPSA) is 72.6 Å². The molecule has 0 aliphatic carbocycles. The molecule has 168 valence electrons. The van der Waals surface area contributed by atoms with Crippen LogP contribution in [0.25, 0.3) is 21.2 Å². The number of aryl methyl sites for hydroxylation is 1. The molecule has 0 N–H and O–H groups in total. The maximum Gasteiger partial charge on any atom is 0.297 e. The predicted molar refractivity (Wildman–Crippen MR) is 128 cm³/mol. The van der Waals surface area contributed by atoms with Gasteiger partial charge in [0, 0.05) is 0 Å². The van der Waals surface area contributed by atoms with Gasteiger partial charge in [0.05, 0.1) is 34.3 Å². The van der Waals surface area contributed by atoms with Crippen LogP contribution in [0.3, 0.4) is 0 Å². The summed E-state index contributed by atoms with van der Waals surface area (Å²) < 4.78 is 25.7. The fraction of sp³-hybridized carbons (Fsp3) is 0.115. The highest BCUT2D eigenvalue weighted by Gasteiger charge is 2.45. The molecule has 3 heterocycles. The van der Waals surface area contributed by atoms with Crippen LogP contribution >= 0.6 is 11.3 Å². The second kappa shape index (κ2) is 7.50. The van der Waals surface area contributed by atoms with Gasteiger partial charge >= 0.3 is 0 Å². The highest BCUT2D eigenvalue weighted by molar-refractivity contribution is 7.22. The van der Waals surface area contributed by atoms with Crippen LogP contribution in [-0.4, -0.2) is 18.0 Å². The van der Waals surface area contributed by atoms with Crippen molar-refractivity contribution in [2.24, 2.45) is 0 Å². The van der Waals surface area contributed by atoms with Crippen molar-refractivity contribution in [2.75, 3.05) is 12.0 Å². The lowest BCUT2D eigenvalue weighted by Crippen LogP contribution is -2.29. The molecular weight excluding hydrogens is 455 g/mol. The van der Waals surface area contributed by atoms with Crippen molar-refractivity contribution in [2.45, 2.75) is 13.0 Å². The van der Waals surface area contributed by atoms with Gasteiger partial charge in [-0.25, -0.2) is 9.37 Å². The van der Waals surface area contributed by atoms with Gasteiger partial charge in [-0.05, 0) is 55.0 Å². The number of hydrogen-bond acceptors (Lipinski definition) is 6. The van der Waals surface area contributed by atoms with Crippen molar-refractivity contribution in [1.29, 1.82) is 0 Å². The smallest absolute Gasteiger partial charge is 0.297 e. The third-order valence-corrected chi connectivity index (χ3v) is 7.02. The number of methoxy groups -OCH3 is 1. The zero-order valence-electron chi connectivity index (χ0n) is 18.2. The van der Waals surface area contributed by atoms with Crippen molar-refractivity contribution < 1.29 is 18.3 Å². The van der Waals surface area contributed by atoms with Crippen LogP contribution < -0.4 is 15.1 Å². The van der Waals surface area contributed by atoms with Gasteiger partial charge in [0.2, 0.25) is 5.76 Å². The van der Waals surface area contributed by atoms with E-state index in [0.29, 0.717) is 37.6 Å². The van der Waals surface area contributed by atoms with Crippen molar-refractivity contribution in [3.8, 4) is 5.75 Å². The molecule has 34 heavy (non-hydrogen) atoms. The van der Waals surface area contributed by atoms with E-state index in [1.54, 1.807) is 37.4 Å². The Bertz CT molecular complexity index is 1670. The SMILES string of the molecule is COc1ccc([C@H]2c3c(oc4ccc(C)cc4c3=O)C(=O)N2c2nc3ccc(F)cc3s2)cc1. The Hall–Kier alpha value is -4.04. The minimum Gasteiger partial charge on any atom is -0.497 e. The van der Waals surface area contributed by atoms with Crippen LogP contribution in [0.1, 0.15) is 33.3 Å². The number of ether oxygens (including phenoxy) is 1. The number of nitrogens with zero attached hydrogens (tertiary/aromatic N) is 2. The zero-order valence-corrected chi connectivity index (χ0v) is 19.0. The molecule has 6 nitrogen and oxygen atoms in total. The number of anilines is 1. The number of halogens is 1. The highest BCUT2D eigenvalue weighted by Crippen LogP contribution is 2.44. The Balaban J connectivity index is 1.62. The molecule has 2 aromatic heterocycles. The van der Waals surface area contributed by atoms with Crippen LogP contribution in [0.4, 0.5) is 9.52 Å². The predicted octanol–water partition coefficient (Wildman–Crippen LogP) is 5.61. The van der Waals surface area contributed by atoms with Gasteiger partial charge in [-0.2, -0.15) is 0 Å². The number of thiazole rings is 1. The van der Waals surface area contributed by atoms with E-state index < -0.39 is 11.9 Å². The normalized spacial score (nSPS) is 15.3. The summed E-state index contributed by atoms with van der Waals surface area (Å²) >= 11 is 1.19. The average molecular weight is 472 g/mol. The van der Waals surface area contributed by atoms with Crippen molar-refractivity contribution in [3.05, 3.63) is 99.2 Å². The van der Waals surface area contributed by atoms with Gasteiger partial charge in [-0.15, -0.1) is 0 Å². The second-order valence-corrected chi connectivity index (χ2v) is 9.14. The minimum absolute atomic E-state index is 0.00684. The summed E-state index contributed by atoms with van der Waals surface area (Å²) in [5.41, 5.74) is 2.54. The molecule has 0 saturated heterocycles. The van der Waals surface area contributed by atoms with Crippen LogP contribution in [-0.2, 0) is 0 Å². The lowest BCUT2D eigenvalue weighted by atomic mass is 9.98. The summed E-state index contributed by atoms with van der Waals surface area (Å²) in [7, 11) is 1.57. The van der Waals surface area contributed by atoms with E-state index in [0.717, 1.165) is 5.56 Å². The Morgan fingerprint density at radius 2 is 1.85 bits per heavy atom. The Morgan fingerprint density at radius 3 is 2.62 bits per heavy atom. The summed E-state index contributed by atoms with van der Waals surface area (Å²) in [5.74, 6) is -0.206. The molecule has 1 atom stereocenters. The van der Waals surface area contributed by atoms with E-state index in [-0.39, 0.29) is 22.6 Å². The summed E-state index contributed by atoms with van der Waals surface area (Å²) in [6, 6.07) is 16.0. The van der Waals surface area contributed by atoms with Gasteiger partial charge in [-0.3, -0.25) is 14.5 Å². The van der Waals surface area contributed by atoms with E-state index in [4.69, 9.17) is 9.15 Å². The van der Waals surface area contributed by atoms with E-state index in [2.05, 4.69) is 4.98 Å². The maximum absolute atomic E-state index is 13.8. The van der Waals surface area contributed by atoms with Crippen molar-refractivity contribution in [3.63, 3.8) is 0 Å². The molecule has 8 heteroatoms. The Labute approximate surface area is 196 Å². The molecule has 1 aliphatic heterocycles. The molecule has 0 radical (unpaired) electrons. The summed E-state index contributed by atoms with van der Waals surface area (Å²) in [5, 5.41) is 0.774. The van der Waals surface area contributed by atoms with Gasteiger partial charge in [0.25, 0.3) is 5.91 Å². The molecule has 6 rings (SSSR count). The van der Waals surface area contributed by atoms with Crippen molar-refractivity contribution >= 4 is 43.6 Å². The van der Waals surface area contributed by atoms with Crippen LogP contribution in [0.15, 0.2) is 69.9 Å². The first-order chi connectivity index (χ1) is 16.4. The van der Waals surface area contributed by atoms with Gasteiger partial charge in [0.15, 0.2) is 10.6 Å². The Kier molecular flexibility index (Phi) is 4.53. The highest BCUT2D eigenvalue weighted by atomic mass is 32.1. The quantitative estimate of drug-likeness (QED) is 0.341. The van der Waals surface area contributed by atoms with Gasteiger partial charge < -0.3 is 9.15 Å². The fourth-order valence-corrected chi connectivity index (χ4v) is 5.39. The monoisotopic (exact) mass is 472 g/mol. The number of amides is 1. The zero-order chi connectivity index (χ0) is 23.6. The number of rotatable bonds is 3. The molecule has 0 saturated carbocycles. The number of benzene rings is 3. The molecule has 3 aromatic carbocycles. The standard InChI is InChI=1S/C26H17FN2O4S/c1-13-3-10-19-17(11-13)23(30)21-22(14-4-7-16(32-2)8-5-14)29(25(31)24(21)33-19)26-28-18-9-6-15(27)12-20(18)34-26/h3-12,22H,1-2H3/t22-/m0/s1. The summed E-state index contributed by atoms with van der Waals surface area (Å²) in [6.07, 6.45) is 0. The van der Waals surface area contributed by atoms with Crippen molar-refractivity contribution in [1.82, 2.24) is 4.98 Å². The number of fused-ring (bicyclic) bond motifs is 3. The first kappa shape index (κ1) is 20.6. The minimum atomic E-state index is -0.750. The number of hydrogen-bond donors (Lipinski definition) is 0. The third kappa shape index (κ3) is 3.03. The number of carbonyl (C=O) groups is 1. The lowest BCUT2D eigenvalue weighted by Gasteiger charge is -2.22. The third-order valence-electron chi connectivity index (χ3n) is 6.00. The molecule has 0 spiro atoms. The van der Waals surface area contributed by atoms with Crippen LogP contribution in [0.5, 0.6) is 5.75 Å². The summed E-state index contributed by atoms with van der Waals surface area (Å²) in [6.45, 7) is 1.89. The molecule has 5 aromatic rings. The van der Waals surface area contributed by atoms with Crippen LogP contribution in [0, 0.1) is 12.7 Å². The fourth-order valence-electron chi connectivity index (χ4n) is 4.37. The van der Waals surface area contributed by atoms with Crippen LogP contribution in [0.2, 0.25) is 0 Å². The molecular formula is C26H17FN2O4S. The average Bonchev–Trinajstić information content (AvgIpc) is 3.38. The van der Waals surface area contributed by atoms with E-state index in [1.807, 2.05) is 25.1 Å². The molecule has 0 bridgehead atoms. The molecule has 0 unspecified atom stereocenters. The van der Waals surface area contributed by atoms with Gasteiger partial charge in [0.1, 0.15) is 17.1 Å². The second-order valence-electron chi connectivity index (χ2n) is 8.13. The lowest BCUT2D eigenvalue weighted by molar-refractivity contribution is 0.0971. The Morgan fingerprint density at radius 1 is 1.06 bits per heavy atom.